The highest BCUT2D eigenvalue weighted by Gasteiger charge is 2.09. The second-order valence-electron chi connectivity index (χ2n) is 6.85. The largest absolute Gasteiger partial charge is 0.508 e. The van der Waals surface area contributed by atoms with Gasteiger partial charge in [-0.1, -0.05) is 45.1 Å². The Morgan fingerprint density at radius 2 is 1.69 bits per heavy atom. The van der Waals surface area contributed by atoms with Crippen molar-refractivity contribution in [3.63, 3.8) is 0 Å². The van der Waals surface area contributed by atoms with Crippen LogP contribution in [0.4, 0.5) is 0 Å². The summed E-state index contributed by atoms with van der Waals surface area (Å²) in [6.07, 6.45) is 8.94. The molecule has 1 rings (SSSR count). The Morgan fingerprint density at radius 3 is 2.38 bits per heavy atom. The molecule has 0 aliphatic heterocycles. The van der Waals surface area contributed by atoms with Crippen molar-refractivity contribution in [1.29, 1.82) is 0 Å². The van der Waals surface area contributed by atoms with Crippen LogP contribution in [0.2, 0.25) is 0 Å². The van der Waals surface area contributed by atoms with Gasteiger partial charge in [0.25, 0.3) is 0 Å². The Hall–Kier alpha value is -1.14. The molecule has 0 aliphatic carbocycles. The summed E-state index contributed by atoms with van der Waals surface area (Å²) in [5.41, 5.74) is 1.14. The lowest BCUT2D eigenvalue weighted by atomic mass is 10.1. The van der Waals surface area contributed by atoms with Crippen molar-refractivity contribution >= 4 is 0 Å². The molecular formula is C21H37NO4. The summed E-state index contributed by atoms with van der Waals surface area (Å²) in [4.78, 5) is 0. The number of aromatic hydroxyl groups is 1. The Balaban J connectivity index is 1.97. The summed E-state index contributed by atoms with van der Waals surface area (Å²) in [5, 5.41) is 32.1. The molecule has 0 saturated carbocycles. The minimum atomic E-state index is -0.637. The monoisotopic (exact) mass is 367 g/mol. The van der Waals surface area contributed by atoms with E-state index in [9.17, 15) is 10.2 Å². The van der Waals surface area contributed by atoms with Crippen molar-refractivity contribution in [1.82, 2.24) is 5.32 Å². The Morgan fingerprint density at radius 1 is 1.00 bits per heavy atom. The topological polar surface area (TPSA) is 82.0 Å². The van der Waals surface area contributed by atoms with Gasteiger partial charge in [-0.05, 0) is 43.5 Å². The molecule has 1 unspecified atom stereocenters. The van der Waals surface area contributed by atoms with Gasteiger partial charge in [0.2, 0.25) is 0 Å². The summed E-state index contributed by atoms with van der Waals surface area (Å²) < 4.78 is 5.63. The standard InChI is InChI=1S/C21H37NO4/c1-2-3-4-8-13-26-14-9-6-5-7-12-22-16-21(25)18-10-11-20(24)19(15-18)17-23/h10-11,15,21-25H,2-9,12-14,16-17H2,1H3. The predicted octanol–water partition coefficient (Wildman–Crippen LogP) is 3.66. The summed E-state index contributed by atoms with van der Waals surface area (Å²) in [6, 6.07) is 4.84. The zero-order chi connectivity index (χ0) is 19.0. The Bertz CT molecular complexity index is 467. The first-order valence-electron chi connectivity index (χ1n) is 10.1. The zero-order valence-corrected chi connectivity index (χ0v) is 16.3. The fourth-order valence-corrected chi connectivity index (χ4v) is 2.84. The van der Waals surface area contributed by atoms with Gasteiger partial charge in [-0.15, -0.1) is 0 Å². The smallest absolute Gasteiger partial charge is 0.121 e. The van der Waals surface area contributed by atoms with Gasteiger partial charge in [0, 0.05) is 25.3 Å². The first-order valence-corrected chi connectivity index (χ1v) is 10.1. The lowest BCUT2D eigenvalue weighted by Gasteiger charge is -2.14. The van der Waals surface area contributed by atoms with Crippen molar-refractivity contribution in [2.75, 3.05) is 26.3 Å². The second-order valence-corrected chi connectivity index (χ2v) is 6.85. The summed E-state index contributed by atoms with van der Waals surface area (Å²) in [6.45, 7) is 5.09. The highest BCUT2D eigenvalue weighted by molar-refractivity contribution is 5.36. The SMILES string of the molecule is CCCCCCOCCCCCCNCC(O)c1ccc(O)c(CO)c1. The molecule has 0 heterocycles. The Labute approximate surface area is 158 Å². The summed E-state index contributed by atoms with van der Waals surface area (Å²) in [5.74, 6) is 0.0568. The Kier molecular flexibility index (Phi) is 13.2. The van der Waals surface area contributed by atoms with E-state index in [0.29, 0.717) is 17.7 Å². The highest BCUT2D eigenvalue weighted by Crippen LogP contribution is 2.22. The fraction of sp³-hybridized carbons (Fsp3) is 0.714. The number of ether oxygens (including phenoxy) is 1. The van der Waals surface area contributed by atoms with Gasteiger partial charge >= 0.3 is 0 Å². The van der Waals surface area contributed by atoms with E-state index >= 15 is 0 Å². The van der Waals surface area contributed by atoms with Crippen LogP contribution >= 0.6 is 0 Å². The maximum absolute atomic E-state index is 10.2. The number of unbranched alkanes of at least 4 members (excludes halogenated alkanes) is 6. The van der Waals surface area contributed by atoms with E-state index in [2.05, 4.69) is 12.2 Å². The van der Waals surface area contributed by atoms with Crippen LogP contribution in [-0.4, -0.2) is 41.6 Å². The van der Waals surface area contributed by atoms with Crippen molar-refractivity contribution in [3.8, 4) is 5.75 Å². The zero-order valence-electron chi connectivity index (χ0n) is 16.3. The molecule has 0 amide bonds. The van der Waals surface area contributed by atoms with Gasteiger partial charge in [-0.2, -0.15) is 0 Å². The molecule has 0 aliphatic rings. The lowest BCUT2D eigenvalue weighted by Crippen LogP contribution is -2.22. The van der Waals surface area contributed by atoms with Crippen LogP contribution in [0.25, 0.3) is 0 Å². The van der Waals surface area contributed by atoms with Crippen LogP contribution < -0.4 is 5.32 Å². The van der Waals surface area contributed by atoms with Crippen LogP contribution in [0.5, 0.6) is 5.75 Å². The van der Waals surface area contributed by atoms with E-state index in [1.807, 2.05) is 0 Å². The molecule has 4 N–H and O–H groups in total. The molecule has 0 radical (unpaired) electrons. The quantitative estimate of drug-likeness (QED) is 0.335. The van der Waals surface area contributed by atoms with Gasteiger partial charge in [-0.3, -0.25) is 0 Å². The molecule has 1 atom stereocenters. The van der Waals surface area contributed by atoms with Crippen molar-refractivity contribution < 1.29 is 20.1 Å². The molecular weight excluding hydrogens is 330 g/mol. The van der Waals surface area contributed by atoms with Crippen LogP contribution in [0.1, 0.15) is 75.5 Å². The number of nitrogens with one attached hydrogen (secondary N) is 1. The first-order chi connectivity index (χ1) is 12.7. The molecule has 0 saturated heterocycles. The van der Waals surface area contributed by atoms with Crippen LogP contribution in [0.3, 0.4) is 0 Å². The summed E-state index contributed by atoms with van der Waals surface area (Å²) in [7, 11) is 0. The molecule has 5 heteroatoms. The maximum Gasteiger partial charge on any atom is 0.121 e. The molecule has 0 aromatic heterocycles. The molecule has 26 heavy (non-hydrogen) atoms. The van der Waals surface area contributed by atoms with Gasteiger partial charge in [0.15, 0.2) is 0 Å². The molecule has 0 spiro atoms. The van der Waals surface area contributed by atoms with E-state index < -0.39 is 6.10 Å². The van der Waals surface area contributed by atoms with Crippen LogP contribution in [-0.2, 0) is 11.3 Å². The average molecular weight is 368 g/mol. The van der Waals surface area contributed by atoms with Gasteiger partial charge in [-0.25, -0.2) is 0 Å². The highest BCUT2D eigenvalue weighted by atomic mass is 16.5. The third-order valence-corrected chi connectivity index (χ3v) is 4.53. The second kappa shape index (κ2) is 15.0. The molecule has 150 valence electrons. The van der Waals surface area contributed by atoms with E-state index in [1.54, 1.807) is 12.1 Å². The number of aliphatic hydroxyl groups is 2. The third-order valence-electron chi connectivity index (χ3n) is 4.53. The molecule has 1 aromatic rings. The van der Waals surface area contributed by atoms with Gasteiger partial charge in [0.05, 0.1) is 12.7 Å². The van der Waals surface area contributed by atoms with E-state index in [0.717, 1.165) is 39.0 Å². The minimum Gasteiger partial charge on any atom is -0.508 e. The number of benzene rings is 1. The number of phenols is 1. The fourth-order valence-electron chi connectivity index (χ4n) is 2.84. The number of hydrogen-bond acceptors (Lipinski definition) is 5. The average Bonchev–Trinajstić information content (AvgIpc) is 2.65. The van der Waals surface area contributed by atoms with Crippen molar-refractivity contribution in [2.24, 2.45) is 0 Å². The molecule has 0 bridgehead atoms. The van der Waals surface area contributed by atoms with Crippen molar-refractivity contribution in [3.05, 3.63) is 29.3 Å². The number of aliphatic hydroxyl groups excluding tert-OH is 2. The number of rotatable bonds is 16. The molecule has 5 nitrogen and oxygen atoms in total. The van der Waals surface area contributed by atoms with Gasteiger partial charge < -0.3 is 25.4 Å². The van der Waals surface area contributed by atoms with Crippen molar-refractivity contribution in [2.45, 2.75) is 71.0 Å². The predicted molar refractivity (Wildman–Crippen MR) is 105 cm³/mol. The normalized spacial score (nSPS) is 12.4. The van der Waals surface area contributed by atoms with Crippen LogP contribution in [0, 0.1) is 0 Å². The first kappa shape index (κ1) is 22.9. The lowest BCUT2D eigenvalue weighted by molar-refractivity contribution is 0.125. The molecule has 1 aromatic carbocycles. The molecule has 0 fully saturated rings. The van der Waals surface area contributed by atoms with E-state index in [-0.39, 0.29) is 12.4 Å². The maximum atomic E-state index is 10.2. The minimum absolute atomic E-state index is 0.0568. The van der Waals surface area contributed by atoms with Gasteiger partial charge in [0.1, 0.15) is 5.75 Å². The third kappa shape index (κ3) is 10.1. The summed E-state index contributed by atoms with van der Waals surface area (Å²) >= 11 is 0. The van der Waals surface area contributed by atoms with E-state index in [4.69, 9.17) is 9.84 Å². The van der Waals surface area contributed by atoms with Crippen LogP contribution in [0.15, 0.2) is 18.2 Å². The van der Waals surface area contributed by atoms with E-state index in [1.165, 1.54) is 38.2 Å². The number of hydrogen-bond donors (Lipinski definition) is 4.